The highest BCUT2D eigenvalue weighted by atomic mass is 15.1. The number of hydrogen-bond donors (Lipinski definition) is 1. The van der Waals surface area contributed by atoms with Gasteiger partial charge in [0.1, 0.15) is 0 Å². The molecule has 0 amide bonds. The summed E-state index contributed by atoms with van der Waals surface area (Å²) in [6.07, 6.45) is 7.10. The molecule has 3 nitrogen and oxygen atoms in total. The van der Waals surface area contributed by atoms with Crippen LogP contribution in [0.4, 0.5) is 0 Å². The lowest BCUT2D eigenvalue weighted by Crippen LogP contribution is -2.31. The van der Waals surface area contributed by atoms with Gasteiger partial charge in [-0.25, -0.2) is 4.98 Å². The normalized spacial score (nSPS) is 16.9. The average molecular weight is 263 g/mol. The van der Waals surface area contributed by atoms with Crippen LogP contribution in [-0.4, -0.2) is 22.6 Å². The summed E-state index contributed by atoms with van der Waals surface area (Å²) in [5, 5.41) is 3.61. The van der Waals surface area contributed by atoms with Gasteiger partial charge in [-0.1, -0.05) is 27.7 Å². The van der Waals surface area contributed by atoms with E-state index in [1.807, 2.05) is 0 Å². The molecule has 0 saturated heterocycles. The minimum atomic E-state index is 0.535. The Kier molecular flexibility index (Phi) is 5.03. The van der Waals surface area contributed by atoms with Crippen LogP contribution in [0.3, 0.4) is 0 Å². The lowest BCUT2D eigenvalue weighted by atomic mass is 9.98. The van der Waals surface area contributed by atoms with E-state index in [1.165, 1.54) is 37.1 Å². The van der Waals surface area contributed by atoms with Gasteiger partial charge in [0.2, 0.25) is 0 Å². The first-order chi connectivity index (χ1) is 9.09. The Bertz CT molecular complexity index is 393. The first kappa shape index (κ1) is 14.6. The highest BCUT2D eigenvalue weighted by Crippen LogP contribution is 2.26. The van der Waals surface area contributed by atoms with Crippen molar-refractivity contribution < 1.29 is 0 Å². The molecule has 1 aliphatic carbocycles. The minimum absolute atomic E-state index is 0.535. The fraction of sp³-hybridized carbons (Fsp3) is 0.812. The molecule has 0 aliphatic heterocycles. The summed E-state index contributed by atoms with van der Waals surface area (Å²) >= 11 is 0. The predicted molar refractivity (Wildman–Crippen MR) is 80.5 cm³/mol. The van der Waals surface area contributed by atoms with Gasteiger partial charge in [0.15, 0.2) is 0 Å². The topological polar surface area (TPSA) is 29.9 Å². The number of nitrogens with zero attached hydrogens (tertiary/aromatic N) is 2. The number of aryl methyl sites for hydroxylation is 1. The van der Waals surface area contributed by atoms with Crippen molar-refractivity contribution in [3.05, 3.63) is 17.7 Å². The van der Waals surface area contributed by atoms with Crippen LogP contribution in [0, 0.1) is 11.8 Å². The van der Waals surface area contributed by atoms with Gasteiger partial charge in [0.25, 0.3) is 0 Å². The van der Waals surface area contributed by atoms with E-state index in [1.54, 1.807) is 0 Å². The van der Waals surface area contributed by atoms with Crippen molar-refractivity contribution >= 4 is 0 Å². The summed E-state index contributed by atoms with van der Waals surface area (Å²) in [6.45, 7) is 11.3. The van der Waals surface area contributed by atoms with Crippen LogP contribution in [0.25, 0.3) is 0 Å². The molecule has 2 rings (SSSR count). The molecule has 0 saturated carbocycles. The molecule has 1 heterocycles. The molecule has 0 spiro atoms. The molecule has 0 radical (unpaired) electrons. The van der Waals surface area contributed by atoms with E-state index in [2.05, 4.69) is 48.9 Å². The van der Waals surface area contributed by atoms with E-state index in [-0.39, 0.29) is 0 Å². The van der Waals surface area contributed by atoms with Crippen molar-refractivity contribution in [3.8, 4) is 0 Å². The average Bonchev–Trinajstić information content (AvgIpc) is 2.77. The summed E-state index contributed by atoms with van der Waals surface area (Å²) in [7, 11) is 0. The van der Waals surface area contributed by atoms with Gasteiger partial charge in [0.05, 0.1) is 12.0 Å². The monoisotopic (exact) mass is 263 g/mol. The van der Waals surface area contributed by atoms with Crippen molar-refractivity contribution in [1.82, 2.24) is 14.9 Å². The summed E-state index contributed by atoms with van der Waals surface area (Å²) < 4.78 is 2.45. The summed E-state index contributed by atoms with van der Waals surface area (Å²) in [6, 6.07) is 0.535. The standard InChI is InChI=1S/C16H29N3/c1-12(2)9-17-10-16(13(3)4)19-11-18-14-7-5-6-8-15(14)19/h11-13,16-17H,5-10H2,1-4H3. The van der Waals surface area contributed by atoms with Crippen LogP contribution in [0.5, 0.6) is 0 Å². The maximum Gasteiger partial charge on any atom is 0.0954 e. The second-order valence-corrected chi connectivity index (χ2v) is 6.62. The maximum absolute atomic E-state index is 4.64. The highest BCUT2D eigenvalue weighted by molar-refractivity contribution is 5.17. The van der Waals surface area contributed by atoms with Crippen molar-refractivity contribution in [3.63, 3.8) is 0 Å². The summed E-state index contributed by atoms with van der Waals surface area (Å²) in [4.78, 5) is 4.64. The van der Waals surface area contributed by atoms with E-state index in [4.69, 9.17) is 0 Å². The Hall–Kier alpha value is -0.830. The fourth-order valence-electron chi connectivity index (χ4n) is 2.95. The minimum Gasteiger partial charge on any atom is -0.330 e. The van der Waals surface area contributed by atoms with E-state index in [0.29, 0.717) is 17.9 Å². The molecule has 1 N–H and O–H groups in total. The van der Waals surface area contributed by atoms with Crippen molar-refractivity contribution in [2.24, 2.45) is 11.8 Å². The molecule has 19 heavy (non-hydrogen) atoms. The van der Waals surface area contributed by atoms with Crippen LogP contribution in [0.1, 0.15) is 58.0 Å². The van der Waals surface area contributed by atoms with Crippen molar-refractivity contribution in [1.29, 1.82) is 0 Å². The smallest absolute Gasteiger partial charge is 0.0954 e. The van der Waals surface area contributed by atoms with Gasteiger partial charge in [-0.05, 0) is 44.1 Å². The number of aromatic nitrogens is 2. The zero-order valence-electron chi connectivity index (χ0n) is 12.9. The Labute approximate surface area is 117 Å². The summed E-state index contributed by atoms with van der Waals surface area (Å²) in [5.74, 6) is 1.35. The second-order valence-electron chi connectivity index (χ2n) is 6.62. The number of nitrogens with one attached hydrogen (secondary N) is 1. The third kappa shape index (κ3) is 3.59. The third-order valence-corrected chi connectivity index (χ3v) is 4.09. The third-order valence-electron chi connectivity index (χ3n) is 4.09. The van der Waals surface area contributed by atoms with Crippen LogP contribution in [0.15, 0.2) is 6.33 Å². The lowest BCUT2D eigenvalue weighted by Gasteiger charge is -2.26. The van der Waals surface area contributed by atoms with Crippen molar-refractivity contribution in [2.45, 2.75) is 59.4 Å². The number of hydrogen-bond acceptors (Lipinski definition) is 2. The Balaban J connectivity index is 2.08. The Morgan fingerprint density at radius 1 is 1.16 bits per heavy atom. The molecule has 3 heteroatoms. The number of rotatable bonds is 6. The highest BCUT2D eigenvalue weighted by Gasteiger charge is 2.22. The molecular weight excluding hydrogens is 234 g/mol. The van der Waals surface area contributed by atoms with Crippen LogP contribution in [0.2, 0.25) is 0 Å². The van der Waals surface area contributed by atoms with Crippen LogP contribution >= 0.6 is 0 Å². The van der Waals surface area contributed by atoms with Gasteiger partial charge in [-0.15, -0.1) is 0 Å². The van der Waals surface area contributed by atoms with Crippen LogP contribution < -0.4 is 5.32 Å². The predicted octanol–water partition coefficient (Wildman–Crippen LogP) is 3.20. The molecule has 1 aromatic rings. The summed E-state index contributed by atoms with van der Waals surface area (Å²) in [5.41, 5.74) is 2.84. The van der Waals surface area contributed by atoms with E-state index >= 15 is 0 Å². The van der Waals surface area contributed by atoms with E-state index in [0.717, 1.165) is 13.1 Å². The van der Waals surface area contributed by atoms with Gasteiger partial charge >= 0.3 is 0 Å². The molecule has 1 atom stereocenters. The quantitative estimate of drug-likeness (QED) is 0.854. The fourth-order valence-corrected chi connectivity index (χ4v) is 2.95. The Morgan fingerprint density at radius 3 is 2.58 bits per heavy atom. The SMILES string of the molecule is CC(C)CNCC(C(C)C)n1cnc2c1CCCC2. The second kappa shape index (κ2) is 6.56. The molecule has 1 unspecified atom stereocenters. The molecule has 108 valence electrons. The molecule has 1 aliphatic rings. The zero-order chi connectivity index (χ0) is 13.8. The first-order valence-corrected chi connectivity index (χ1v) is 7.85. The number of fused-ring (bicyclic) bond motifs is 1. The van der Waals surface area contributed by atoms with Crippen LogP contribution in [-0.2, 0) is 12.8 Å². The van der Waals surface area contributed by atoms with E-state index in [9.17, 15) is 0 Å². The largest absolute Gasteiger partial charge is 0.330 e. The lowest BCUT2D eigenvalue weighted by molar-refractivity contribution is 0.340. The Morgan fingerprint density at radius 2 is 1.89 bits per heavy atom. The number of imidazole rings is 1. The first-order valence-electron chi connectivity index (χ1n) is 7.85. The maximum atomic E-state index is 4.64. The van der Waals surface area contributed by atoms with Gasteiger partial charge in [-0.2, -0.15) is 0 Å². The zero-order valence-corrected chi connectivity index (χ0v) is 12.9. The molecule has 0 fully saturated rings. The van der Waals surface area contributed by atoms with E-state index < -0.39 is 0 Å². The van der Waals surface area contributed by atoms with Gasteiger partial charge in [0, 0.05) is 18.3 Å². The van der Waals surface area contributed by atoms with Gasteiger partial charge in [-0.3, -0.25) is 0 Å². The molecular formula is C16H29N3. The molecule has 0 aromatic carbocycles. The van der Waals surface area contributed by atoms with Gasteiger partial charge < -0.3 is 9.88 Å². The molecule has 0 bridgehead atoms. The van der Waals surface area contributed by atoms with Crippen molar-refractivity contribution in [2.75, 3.05) is 13.1 Å². The molecule has 1 aromatic heterocycles.